The molecule has 21 heavy (non-hydrogen) atoms. The summed E-state index contributed by atoms with van der Waals surface area (Å²) < 4.78 is 15.7. The SMILES string of the molecule is C=CCOc1nc(Cl)nc(NCCOCCOCCN)n1. The van der Waals surface area contributed by atoms with E-state index in [2.05, 4.69) is 26.8 Å². The van der Waals surface area contributed by atoms with Crippen LogP contribution in [0.15, 0.2) is 12.7 Å². The van der Waals surface area contributed by atoms with Crippen LogP contribution >= 0.6 is 11.6 Å². The maximum absolute atomic E-state index is 5.77. The van der Waals surface area contributed by atoms with Gasteiger partial charge in [-0.05, 0) is 11.6 Å². The third kappa shape index (κ3) is 8.41. The van der Waals surface area contributed by atoms with Gasteiger partial charge in [-0.1, -0.05) is 12.7 Å². The van der Waals surface area contributed by atoms with Gasteiger partial charge in [0.2, 0.25) is 11.2 Å². The van der Waals surface area contributed by atoms with Crippen molar-refractivity contribution < 1.29 is 14.2 Å². The van der Waals surface area contributed by atoms with Crippen molar-refractivity contribution in [2.75, 3.05) is 51.4 Å². The molecule has 3 N–H and O–H groups in total. The molecule has 0 radical (unpaired) electrons. The molecule has 1 aromatic rings. The Morgan fingerprint density at radius 3 is 2.62 bits per heavy atom. The fraction of sp³-hybridized carbons (Fsp3) is 0.583. The van der Waals surface area contributed by atoms with E-state index < -0.39 is 0 Å². The van der Waals surface area contributed by atoms with E-state index in [9.17, 15) is 0 Å². The first-order valence-electron chi connectivity index (χ1n) is 6.51. The molecule has 0 spiro atoms. The molecule has 0 aliphatic rings. The molecule has 0 saturated carbocycles. The summed E-state index contributed by atoms with van der Waals surface area (Å²) in [7, 11) is 0. The standard InChI is InChI=1S/C12H20ClN5O3/c1-2-5-21-12-17-10(13)16-11(18-12)15-4-7-20-9-8-19-6-3-14/h2H,1,3-9,14H2,(H,15,16,17,18). The average molecular weight is 318 g/mol. The minimum atomic E-state index is 0.0580. The van der Waals surface area contributed by atoms with Crippen molar-refractivity contribution >= 4 is 17.5 Å². The van der Waals surface area contributed by atoms with Crippen molar-refractivity contribution in [2.45, 2.75) is 0 Å². The summed E-state index contributed by atoms with van der Waals surface area (Å²) in [5, 5.41) is 3.02. The highest BCUT2D eigenvalue weighted by atomic mass is 35.5. The predicted molar refractivity (Wildman–Crippen MR) is 79.7 cm³/mol. The topological polar surface area (TPSA) is 104 Å². The second-order valence-corrected chi connectivity index (χ2v) is 4.09. The monoisotopic (exact) mass is 317 g/mol. The van der Waals surface area contributed by atoms with E-state index in [0.717, 1.165) is 0 Å². The fourth-order valence-electron chi connectivity index (χ4n) is 1.25. The zero-order valence-corrected chi connectivity index (χ0v) is 12.5. The van der Waals surface area contributed by atoms with E-state index in [0.29, 0.717) is 52.1 Å². The second kappa shape index (κ2) is 11.2. The van der Waals surface area contributed by atoms with Crippen LogP contribution in [-0.4, -0.2) is 61.1 Å². The van der Waals surface area contributed by atoms with Crippen LogP contribution in [0.3, 0.4) is 0 Å². The average Bonchev–Trinajstić information content (AvgIpc) is 2.47. The first-order chi connectivity index (χ1) is 10.3. The lowest BCUT2D eigenvalue weighted by atomic mass is 10.6. The molecule has 0 aliphatic carbocycles. The molecular formula is C12H20ClN5O3. The van der Waals surface area contributed by atoms with Crippen LogP contribution < -0.4 is 15.8 Å². The lowest BCUT2D eigenvalue weighted by molar-refractivity contribution is 0.0547. The van der Waals surface area contributed by atoms with E-state index in [4.69, 9.17) is 31.5 Å². The number of rotatable bonds is 12. The highest BCUT2D eigenvalue weighted by Crippen LogP contribution is 2.10. The molecule has 1 rings (SSSR count). The summed E-state index contributed by atoms with van der Waals surface area (Å²) in [6.07, 6.45) is 1.59. The summed E-state index contributed by atoms with van der Waals surface area (Å²) in [5.41, 5.74) is 5.29. The molecule has 118 valence electrons. The Morgan fingerprint density at radius 1 is 1.14 bits per heavy atom. The molecular weight excluding hydrogens is 298 g/mol. The van der Waals surface area contributed by atoms with E-state index in [1.807, 2.05) is 0 Å². The van der Waals surface area contributed by atoms with Crippen molar-refractivity contribution in [1.82, 2.24) is 15.0 Å². The number of halogens is 1. The molecule has 0 amide bonds. The van der Waals surface area contributed by atoms with Crippen molar-refractivity contribution in [2.24, 2.45) is 5.73 Å². The minimum Gasteiger partial charge on any atom is -0.459 e. The third-order valence-electron chi connectivity index (χ3n) is 2.08. The van der Waals surface area contributed by atoms with E-state index in [-0.39, 0.29) is 11.3 Å². The summed E-state index contributed by atoms with van der Waals surface area (Å²) in [5.74, 6) is 0.331. The molecule has 1 aromatic heterocycles. The van der Waals surface area contributed by atoms with Gasteiger partial charge in [-0.15, -0.1) is 0 Å². The number of nitrogens with two attached hydrogens (primary N) is 1. The maximum Gasteiger partial charge on any atom is 0.322 e. The summed E-state index contributed by atoms with van der Waals surface area (Å²) >= 11 is 5.77. The fourth-order valence-corrected chi connectivity index (χ4v) is 1.40. The molecule has 0 aromatic carbocycles. The number of hydrogen-bond acceptors (Lipinski definition) is 8. The minimum absolute atomic E-state index is 0.0580. The van der Waals surface area contributed by atoms with Crippen LogP contribution in [-0.2, 0) is 9.47 Å². The molecule has 0 fully saturated rings. The van der Waals surface area contributed by atoms with Crippen LogP contribution in [0, 0.1) is 0 Å². The number of nitrogens with one attached hydrogen (secondary N) is 1. The Morgan fingerprint density at radius 2 is 1.90 bits per heavy atom. The van der Waals surface area contributed by atoms with Gasteiger partial charge in [0.15, 0.2) is 0 Å². The Labute approximate surface area is 128 Å². The van der Waals surface area contributed by atoms with E-state index in [1.54, 1.807) is 6.08 Å². The first kappa shape index (κ1) is 17.6. The normalized spacial score (nSPS) is 10.4. The van der Waals surface area contributed by atoms with E-state index in [1.165, 1.54) is 0 Å². The lowest BCUT2D eigenvalue weighted by Gasteiger charge is -2.08. The van der Waals surface area contributed by atoms with Crippen LogP contribution in [0.5, 0.6) is 6.01 Å². The van der Waals surface area contributed by atoms with Gasteiger partial charge in [-0.3, -0.25) is 0 Å². The molecule has 0 unspecified atom stereocenters. The molecule has 8 nitrogen and oxygen atoms in total. The maximum atomic E-state index is 5.77. The van der Waals surface area contributed by atoms with Gasteiger partial charge in [0.25, 0.3) is 0 Å². The van der Waals surface area contributed by atoms with Crippen molar-refractivity contribution in [3.05, 3.63) is 17.9 Å². The van der Waals surface area contributed by atoms with Gasteiger partial charge in [-0.2, -0.15) is 15.0 Å². The number of nitrogens with zero attached hydrogens (tertiary/aromatic N) is 3. The zero-order chi connectivity index (χ0) is 15.3. The molecule has 0 saturated heterocycles. The van der Waals surface area contributed by atoms with Gasteiger partial charge in [0.1, 0.15) is 6.61 Å². The first-order valence-corrected chi connectivity index (χ1v) is 6.88. The Bertz CT molecular complexity index is 422. The number of aromatic nitrogens is 3. The number of hydrogen-bond donors (Lipinski definition) is 2. The van der Waals surface area contributed by atoms with Crippen LogP contribution in [0.2, 0.25) is 5.28 Å². The smallest absolute Gasteiger partial charge is 0.322 e. The van der Waals surface area contributed by atoms with E-state index >= 15 is 0 Å². The molecule has 0 atom stereocenters. The lowest BCUT2D eigenvalue weighted by Crippen LogP contribution is -2.16. The molecule has 9 heteroatoms. The Balaban J connectivity index is 2.22. The van der Waals surface area contributed by atoms with Crippen molar-refractivity contribution in [3.63, 3.8) is 0 Å². The zero-order valence-electron chi connectivity index (χ0n) is 11.8. The Kier molecular flexibility index (Phi) is 9.38. The third-order valence-corrected chi connectivity index (χ3v) is 2.25. The molecule has 1 heterocycles. The summed E-state index contributed by atoms with van der Waals surface area (Å²) in [6.45, 7) is 6.93. The van der Waals surface area contributed by atoms with Gasteiger partial charge in [0.05, 0.1) is 26.4 Å². The highest BCUT2D eigenvalue weighted by Gasteiger charge is 2.05. The molecule has 0 bridgehead atoms. The largest absolute Gasteiger partial charge is 0.459 e. The van der Waals surface area contributed by atoms with Crippen LogP contribution in [0.1, 0.15) is 0 Å². The Hall–Kier alpha value is -1.48. The summed E-state index contributed by atoms with van der Waals surface area (Å²) in [6, 6.07) is 0.147. The van der Waals surface area contributed by atoms with Crippen LogP contribution in [0.4, 0.5) is 5.95 Å². The number of anilines is 1. The van der Waals surface area contributed by atoms with Crippen molar-refractivity contribution in [3.8, 4) is 6.01 Å². The molecule has 0 aliphatic heterocycles. The predicted octanol–water partition coefficient (Wildman–Crippen LogP) is 0.494. The highest BCUT2D eigenvalue weighted by molar-refractivity contribution is 6.28. The number of ether oxygens (including phenoxy) is 3. The quantitative estimate of drug-likeness (QED) is 0.424. The second-order valence-electron chi connectivity index (χ2n) is 3.75. The van der Waals surface area contributed by atoms with Crippen LogP contribution in [0.25, 0.3) is 0 Å². The van der Waals surface area contributed by atoms with Gasteiger partial charge >= 0.3 is 6.01 Å². The van der Waals surface area contributed by atoms with Gasteiger partial charge in [-0.25, -0.2) is 0 Å². The van der Waals surface area contributed by atoms with Gasteiger partial charge in [0, 0.05) is 13.1 Å². The van der Waals surface area contributed by atoms with Gasteiger partial charge < -0.3 is 25.3 Å². The summed E-state index contributed by atoms with van der Waals surface area (Å²) in [4.78, 5) is 11.8. The van der Waals surface area contributed by atoms with Crippen molar-refractivity contribution in [1.29, 1.82) is 0 Å².